The highest BCUT2D eigenvalue weighted by Gasteiger charge is 2.41. The summed E-state index contributed by atoms with van der Waals surface area (Å²) in [6, 6.07) is 30.1. The van der Waals surface area contributed by atoms with E-state index in [1.54, 1.807) is 0 Å². The molecule has 28 heavy (non-hydrogen) atoms. The summed E-state index contributed by atoms with van der Waals surface area (Å²) in [5.41, 5.74) is 1.70. The lowest BCUT2D eigenvalue weighted by molar-refractivity contribution is 0.0270. The van der Waals surface area contributed by atoms with Crippen molar-refractivity contribution in [1.29, 1.82) is 0 Å². The summed E-state index contributed by atoms with van der Waals surface area (Å²) in [5.74, 6) is 0. The second-order valence-corrected chi connectivity index (χ2v) is 8.14. The topological polar surface area (TPSA) is 32.3 Å². The van der Waals surface area contributed by atoms with Crippen LogP contribution >= 0.6 is 0 Å². The molecule has 0 spiro atoms. The van der Waals surface area contributed by atoms with Gasteiger partial charge in [-0.05, 0) is 43.9 Å². The minimum absolute atomic E-state index is 0. The maximum Gasteiger partial charge on any atom is 0.130 e. The Hall–Kier alpha value is -2.49. The number of nitrogens with one attached hydrogen (secondary N) is 1. The molecule has 0 bridgehead atoms. The Morgan fingerprint density at radius 2 is 1.11 bits per heavy atom. The monoisotopic (exact) mass is 379 g/mol. The van der Waals surface area contributed by atoms with Crippen LogP contribution in [0.1, 0.15) is 37.5 Å². The molecule has 0 aliphatic carbocycles. The predicted octanol–water partition coefficient (Wildman–Crippen LogP) is 5.07. The molecule has 0 saturated carbocycles. The maximum atomic E-state index is 12.2. The van der Waals surface area contributed by atoms with Crippen LogP contribution in [0, 0.1) is 0 Å². The zero-order chi connectivity index (χ0) is 19.3. The van der Waals surface area contributed by atoms with E-state index < -0.39 is 5.60 Å². The third-order valence-corrected chi connectivity index (χ3v) is 4.82. The number of hydrogen-bond donors (Lipinski definition) is 2. The molecule has 0 fully saturated rings. The van der Waals surface area contributed by atoms with Gasteiger partial charge < -0.3 is 10.4 Å². The predicted molar refractivity (Wildman–Crippen MR) is 115 cm³/mol. The van der Waals surface area contributed by atoms with Gasteiger partial charge in [-0.2, -0.15) is 0 Å². The summed E-state index contributed by atoms with van der Waals surface area (Å²) in [7, 11) is 0. The van der Waals surface area contributed by atoms with Crippen LogP contribution in [0.15, 0.2) is 91.0 Å². The second kappa shape index (κ2) is 9.13. The molecule has 3 heteroatoms. The Kier molecular flexibility index (Phi) is 7.11. The molecule has 0 saturated heterocycles. The van der Waals surface area contributed by atoms with Gasteiger partial charge in [-0.15, -0.1) is 0 Å². The molecular weight excluding hydrogens is 349 g/mol. The Bertz CT molecular complexity index is 789. The fraction of sp³-hybridized carbons (Fsp3) is 0.280. The first-order chi connectivity index (χ1) is 12.9. The first-order valence-corrected chi connectivity index (χ1v) is 9.54. The zero-order valence-corrected chi connectivity index (χ0v) is 16.8. The highest BCUT2D eigenvalue weighted by atomic mass is 19.0. The van der Waals surface area contributed by atoms with Crippen LogP contribution in [0.25, 0.3) is 0 Å². The average molecular weight is 380 g/mol. The van der Waals surface area contributed by atoms with Gasteiger partial charge in [0, 0.05) is 11.6 Å². The number of halogens is 1. The van der Waals surface area contributed by atoms with Crippen LogP contribution in [-0.2, 0) is 12.0 Å². The van der Waals surface area contributed by atoms with Crippen molar-refractivity contribution >= 4 is 0 Å². The summed E-state index contributed by atoms with van der Waals surface area (Å²) in [4.78, 5) is 0. The third kappa shape index (κ3) is 5.06. The van der Waals surface area contributed by atoms with Crippen molar-refractivity contribution in [2.75, 3.05) is 0 Å². The molecule has 0 radical (unpaired) electrons. The Labute approximate surface area is 167 Å². The number of rotatable bonds is 6. The highest BCUT2D eigenvalue weighted by Crippen LogP contribution is 2.35. The lowest BCUT2D eigenvalue weighted by atomic mass is 9.77. The van der Waals surface area contributed by atoms with Crippen LogP contribution in [0.2, 0.25) is 0 Å². The van der Waals surface area contributed by atoms with E-state index in [1.807, 2.05) is 78.9 Å². The molecule has 0 heterocycles. The fourth-order valence-corrected chi connectivity index (χ4v) is 3.63. The summed E-state index contributed by atoms with van der Waals surface area (Å²) >= 11 is 0. The number of benzene rings is 3. The van der Waals surface area contributed by atoms with Crippen molar-refractivity contribution in [3.63, 3.8) is 0 Å². The van der Waals surface area contributed by atoms with Crippen molar-refractivity contribution < 1.29 is 9.81 Å². The van der Waals surface area contributed by atoms with E-state index in [-0.39, 0.29) is 16.3 Å². The minimum atomic E-state index is -1.15. The van der Waals surface area contributed by atoms with Gasteiger partial charge in [-0.25, -0.2) is 0 Å². The van der Waals surface area contributed by atoms with Gasteiger partial charge in [-0.1, -0.05) is 91.0 Å². The molecule has 2 N–H and O–H groups in total. The molecule has 0 unspecified atom stereocenters. The maximum absolute atomic E-state index is 12.2. The summed E-state index contributed by atoms with van der Waals surface area (Å²) in [5, 5.41) is 15.9. The molecule has 0 aliphatic rings. The van der Waals surface area contributed by atoms with Crippen LogP contribution in [-0.4, -0.2) is 16.7 Å². The molecule has 0 amide bonds. The molecule has 3 rings (SSSR count). The first-order valence-electron chi connectivity index (χ1n) is 9.54. The SMILES string of the molecule is CC(C)(C)N[C@H](Cc1ccccc1)C(O)(c1ccccc1)c1ccccc1.F. The lowest BCUT2D eigenvalue weighted by Gasteiger charge is -2.41. The minimum Gasteiger partial charge on any atom is -0.379 e. The molecule has 3 aromatic rings. The van der Waals surface area contributed by atoms with Gasteiger partial charge in [0.2, 0.25) is 0 Å². The van der Waals surface area contributed by atoms with Gasteiger partial charge >= 0.3 is 0 Å². The van der Waals surface area contributed by atoms with E-state index in [9.17, 15) is 5.11 Å². The quantitative estimate of drug-likeness (QED) is 0.626. The largest absolute Gasteiger partial charge is 0.379 e. The van der Waals surface area contributed by atoms with Gasteiger partial charge in [0.25, 0.3) is 0 Å². The second-order valence-electron chi connectivity index (χ2n) is 8.14. The van der Waals surface area contributed by atoms with Crippen molar-refractivity contribution in [1.82, 2.24) is 5.32 Å². The van der Waals surface area contributed by atoms with Crippen LogP contribution < -0.4 is 5.32 Å². The summed E-state index contributed by atoms with van der Waals surface area (Å²) < 4.78 is 0. The Morgan fingerprint density at radius 3 is 1.50 bits per heavy atom. The van der Waals surface area contributed by atoms with Crippen molar-refractivity contribution in [3.05, 3.63) is 108 Å². The Balaban J connectivity index is 0.00000280. The summed E-state index contributed by atoms with van der Waals surface area (Å²) in [6.45, 7) is 6.42. The standard InChI is InChI=1S/C25H29NO.FH/c1-24(2,3)26-23(19-20-13-7-4-8-14-20)25(27,21-15-9-5-10-16-21)22-17-11-6-12-18-22;/h4-18,23,26-27H,19H2,1-3H3;1H/t23-;/m1./s1. The van der Waals surface area contributed by atoms with E-state index in [1.165, 1.54) is 5.56 Å². The summed E-state index contributed by atoms with van der Waals surface area (Å²) in [6.07, 6.45) is 0.721. The molecule has 1 atom stereocenters. The van der Waals surface area contributed by atoms with Crippen LogP contribution in [0.5, 0.6) is 0 Å². The van der Waals surface area contributed by atoms with E-state index >= 15 is 0 Å². The van der Waals surface area contributed by atoms with Gasteiger partial charge in [0.05, 0.1) is 0 Å². The molecule has 2 nitrogen and oxygen atoms in total. The van der Waals surface area contributed by atoms with Crippen LogP contribution in [0.3, 0.4) is 0 Å². The van der Waals surface area contributed by atoms with E-state index in [0.29, 0.717) is 0 Å². The molecule has 0 aliphatic heterocycles. The zero-order valence-electron chi connectivity index (χ0n) is 16.8. The fourth-order valence-electron chi connectivity index (χ4n) is 3.63. The molecule has 0 aromatic heterocycles. The molecule has 148 valence electrons. The molecular formula is C25H30FNO. The molecule has 3 aromatic carbocycles. The first kappa shape index (κ1) is 21.8. The van der Waals surface area contributed by atoms with Gasteiger partial charge in [0.15, 0.2) is 0 Å². The highest BCUT2D eigenvalue weighted by molar-refractivity contribution is 5.39. The normalized spacial score (nSPS) is 12.9. The van der Waals surface area contributed by atoms with E-state index in [2.05, 4.69) is 38.2 Å². The Morgan fingerprint density at radius 1 is 0.714 bits per heavy atom. The van der Waals surface area contributed by atoms with Crippen molar-refractivity contribution in [2.45, 2.75) is 44.4 Å². The smallest absolute Gasteiger partial charge is 0.130 e. The van der Waals surface area contributed by atoms with E-state index in [4.69, 9.17) is 0 Å². The van der Waals surface area contributed by atoms with Gasteiger partial charge in [0.1, 0.15) is 5.60 Å². The lowest BCUT2D eigenvalue weighted by Crippen LogP contribution is -2.56. The third-order valence-electron chi connectivity index (χ3n) is 4.82. The number of aliphatic hydroxyl groups is 1. The van der Waals surface area contributed by atoms with Crippen molar-refractivity contribution in [3.8, 4) is 0 Å². The average Bonchev–Trinajstić information content (AvgIpc) is 2.68. The van der Waals surface area contributed by atoms with Crippen molar-refractivity contribution in [2.24, 2.45) is 0 Å². The number of hydrogen-bond acceptors (Lipinski definition) is 2. The van der Waals surface area contributed by atoms with Gasteiger partial charge in [-0.3, -0.25) is 4.70 Å². The van der Waals surface area contributed by atoms with E-state index in [0.717, 1.165) is 17.5 Å². The van der Waals surface area contributed by atoms with Crippen LogP contribution in [0.4, 0.5) is 4.70 Å².